The number of hydrogen-bond acceptors (Lipinski definition) is 8. The Balaban J connectivity index is 2.12. The fourth-order valence-electron chi connectivity index (χ4n) is 4.19. The molecule has 2 aliphatic heterocycles. The molecule has 0 aromatic rings. The Morgan fingerprint density at radius 2 is 1.86 bits per heavy atom. The average Bonchev–Trinajstić information content (AvgIpc) is 3.03. The molecule has 0 saturated carbocycles. The molecule has 158 valence electrons. The van der Waals surface area contributed by atoms with Crippen LogP contribution in [0.2, 0.25) is 0 Å². The van der Waals surface area contributed by atoms with E-state index in [0.717, 1.165) is 17.3 Å². The number of hydrogen-bond donors (Lipinski definition) is 0. The standard InChI is InChI=1S/C19H24N2O6S2/c1-11(22)26-10-19(29-5)17(25)21-15-13(7-6-8-14(15)27-12(2)23)9-18(21,28-4)16(24)20(19)3/h6-8,14-15H,9-10H2,1-5H3/t14-,15-,18+,19+/m0/s1. The van der Waals surface area contributed by atoms with Crippen molar-refractivity contribution in [3.63, 3.8) is 0 Å². The van der Waals surface area contributed by atoms with Crippen LogP contribution in [0.1, 0.15) is 20.3 Å². The van der Waals surface area contributed by atoms with E-state index in [1.807, 2.05) is 6.08 Å². The highest BCUT2D eigenvalue weighted by Crippen LogP contribution is 2.53. The van der Waals surface area contributed by atoms with Crippen molar-refractivity contribution in [2.75, 3.05) is 26.2 Å². The van der Waals surface area contributed by atoms with Crippen molar-refractivity contribution in [3.05, 3.63) is 23.8 Å². The maximum Gasteiger partial charge on any atom is 0.303 e. The molecule has 0 spiro atoms. The van der Waals surface area contributed by atoms with E-state index >= 15 is 0 Å². The molecule has 2 saturated heterocycles. The number of carbonyl (C=O) groups is 4. The highest BCUT2D eigenvalue weighted by Gasteiger charge is 2.68. The van der Waals surface area contributed by atoms with Gasteiger partial charge in [-0.05, 0) is 24.2 Å². The third-order valence-electron chi connectivity index (χ3n) is 5.60. The maximum absolute atomic E-state index is 13.9. The summed E-state index contributed by atoms with van der Waals surface area (Å²) in [5.41, 5.74) is 0.854. The molecule has 4 atom stereocenters. The van der Waals surface area contributed by atoms with Crippen molar-refractivity contribution in [3.8, 4) is 0 Å². The van der Waals surface area contributed by atoms with Crippen molar-refractivity contribution in [1.82, 2.24) is 9.80 Å². The molecular weight excluding hydrogens is 416 g/mol. The number of allylic oxidation sites excluding steroid dienone is 2. The zero-order valence-corrected chi connectivity index (χ0v) is 18.6. The van der Waals surface area contributed by atoms with Gasteiger partial charge in [-0.2, -0.15) is 0 Å². The second-order valence-electron chi connectivity index (χ2n) is 7.12. The number of piperazine rings is 1. The van der Waals surface area contributed by atoms with Gasteiger partial charge in [0.15, 0.2) is 4.87 Å². The summed E-state index contributed by atoms with van der Waals surface area (Å²) in [5, 5.41) is 0. The summed E-state index contributed by atoms with van der Waals surface area (Å²) in [6, 6.07) is -0.578. The van der Waals surface area contributed by atoms with Crippen molar-refractivity contribution in [2.45, 2.75) is 42.2 Å². The minimum atomic E-state index is -1.39. The Bertz CT molecular complexity index is 828. The Labute approximate surface area is 178 Å². The van der Waals surface area contributed by atoms with Gasteiger partial charge in [-0.25, -0.2) is 0 Å². The molecule has 1 aliphatic carbocycles. The predicted molar refractivity (Wildman–Crippen MR) is 110 cm³/mol. The number of fused-ring (bicyclic) bond motifs is 3. The summed E-state index contributed by atoms with van der Waals surface area (Å²) in [6.07, 6.45) is 8.52. The van der Waals surface area contributed by atoms with Crippen LogP contribution >= 0.6 is 23.5 Å². The molecule has 29 heavy (non-hydrogen) atoms. The molecule has 10 heteroatoms. The Morgan fingerprint density at radius 3 is 2.41 bits per heavy atom. The number of amides is 2. The number of rotatable bonds is 5. The average molecular weight is 441 g/mol. The zero-order valence-electron chi connectivity index (χ0n) is 17.0. The fourth-order valence-corrected chi connectivity index (χ4v) is 6.01. The second kappa shape index (κ2) is 7.71. The largest absolute Gasteiger partial charge is 0.462 e. The van der Waals surface area contributed by atoms with Crippen LogP contribution in [0.25, 0.3) is 0 Å². The van der Waals surface area contributed by atoms with Gasteiger partial charge in [0, 0.05) is 27.3 Å². The van der Waals surface area contributed by atoms with Crippen LogP contribution in [0, 0.1) is 0 Å². The minimum Gasteiger partial charge on any atom is -0.462 e. The van der Waals surface area contributed by atoms with Crippen molar-refractivity contribution in [1.29, 1.82) is 0 Å². The lowest BCUT2D eigenvalue weighted by Gasteiger charge is -2.53. The van der Waals surface area contributed by atoms with Gasteiger partial charge in [0.05, 0.1) is 6.04 Å². The first kappa shape index (κ1) is 21.8. The molecule has 3 rings (SSSR count). The smallest absolute Gasteiger partial charge is 0.303 e. The van der Waals surface area contributed by atoms with E-state index in [4.69, 9.17) is 9.47 Å². The predicted octanol–water partition coefficient (Wildman–Crippen LogP) is 1.17. The van der Waals surface area contributed by atoms with Crippen molar-refractivity contribution < 1.29 is 28.7 Å². The number of thioether (sulfide) groups is 2. The quantitative estimate of drug-likeness (QED) is 0.588. The van der Waals surface area contributed by atoms with E-state index in [9.17, 15) is 19.2 Å². The molecule has 0 aromatic carbocycles. The van der Waals surface area contributed by atoms with Crippen LogP contribution in [-0.4, -0.2) is 81.6 Å². The van der Waals surface area contributed by atoms with Gasteiger partial charge in [-0.15, -0.1) is 23.5 Å². The van der Waals surface area contributed by atoms with E-state index in [0.29, 0.717) is 6.42 Å². The van der Waals surface area contributed by atoms with E-state index in [-0.39, 0.29) is 18.4 Å². The lowest BCUT2D eigenvalue weighted by atomic mass is 9.96. The molecule has 0 radical (unpaired) electrons. The summed E-state index contributed by atoms with van der Waals surface area (Å²) in [4.78, 5) is 51.0. The van der Waals surface area contributed by atoms with Gasteiger partial charge in [-0.1, -0.05) is 12.2 Å². The van der Waals surface area contributed by atoms with Gasteiger partial charge in [0.1, 0.15) is 12.7 Å². The summed E-state index contributed by atoms with van der Waals surface area (Å²) in [7, 11) is 1.56. The first-order valence-electron chi connectivity index (χ1n) is 9.05. The lowest BCUT2D eigenvalue weighted by Crippen LogP contribution is -2.75. The maximum atomic E-state index is 13.9. The fraction of sp³-hybridized carbons (Fsp3) is 0.579. The Morgan fingerprint density at radius 1 is 1.17 bits per heavy atom. The van der Waals surface area contributed by atoms with Crippen molar-refractivity contribution >= 4 is 47.3 Å². The monoisotopic (exact) mass is 440 g/mol. The molecule has 2 heterocycles. The molecule has 0 bridgehead atoms. The van der Waals surface area contributed by atoms with Crippen LogP contribution in [-0.2, 0) is 28.7 Å². The first-order valence-corrected chi connectivity index (χ1v) is 11.5. The van der Waals surface area contributed by atoms with Crippen molar-refractivity contribution in [2.24, 2.45) is 0 Å². The van der Waals surface area contributed by atoms with Crippen LogP contribution < -0.4 is 0 Å². The number of carbonyl (C=O) groups excluding carboxylic acids is 4. The van der Waals surface area contributed by atoms with Gasteiger partial charge in [0.2, 0.25) is 4.87 Å². The molecule has 0 N–H and O–H groups in total. The van der Waals surface area contributed by atoms with Gasteiger partial charge in [0.25, 0.3) is 11.8 Å². The van der Waals surface area contributed by atoms with Crippen LogP contribution in [0.3, 0.4) is 0 Å². The molecule has 0 aromatic heterocycles. The van der Waals surface area contributed by atoms with Crippen LogP contribution in [0.15, 0.2) is 23.8 Å². The molecular formula is C19H24N2O6S2. The van der Waals surface area contributed by atoms with Gasteiger partial charge < -0.3 is 19.3 Å². The van der Waals surface area contributed by atoms with E-state index in [1.54, 1.807) is 36.6 Å². The van der Waals surface area contributed by atoms with E-state index < -0.39 is 33.8 Å². The molecule has 2 fully saturated rings. The summed E-state index contributed by atoms with van der Waals surface area (Å²) >= 11 is 2.44. The van der Waals surface area contributed by atoms with E-state index in [2.05, 4.69) is 0 Å². The first-order chi connectivity index (χ1) is 13.6. The Hall–Kier alpha value is -1.94. The highest BCUT2D eigenvalue weighted by atomic mass is 32.2. The topological polar surface area (TPSA) is 93.2 Å². The summed E-state index contributed by atoms with van der Waals surface area (Å²) < 4.78 is 10.7. The molecule has 8 nitrogen and oxygen atoms in total. The SMILES string of the molecule is CS[C@]1(COC(C)=O)C(=O)N2[C@H]3C(=CC=C[C@@H]3OC(C)=O)C[C@@]2(SC)C(=O)N1C. The van der Waals surface area contributed by atoms with E-state index in [1.165, 1.54) is 30.5 Å². The third-order valence-corrected chi connectivity index (χ3v) is 8.03. The number of esters is 2. The minimum absolute atomic E-state index is 0.247. The highest BCUT2D eigenvalue weighted by molar-refractivity contribution is 8.01. The molecule has 0 unspecified atom stereocenters. The Kier molecular flexibility index (Phi) is 5.79. The molecule has 2 amide bonds. The third kappa shape index (κ3) is 3.16. The molecule has 3 aliphatic rings. The second-order valence-corrected chi connectivity index (χ2v) is 9.29. The summed E-state index contributed by atoms with van der Waals surface area (Å²) in [6.45, 7) is 2.31. The lowest BCUT2D eigenvalue weighted by molar-refractivity contribution is -0.172. The van der Waals surface area contributed by atoms with Gasteiger partial charge in [-0.3, -0.25) is 19.2 Å². The normalized spacial score (nSPS) is 33.2. The van der Waals surface area contributed by atoms with Gasteiger partial charge >= 0.3 is 11.9 Å². The number of likely N-dealkylation sites (N-methyl/N-ethyl adjacent to an activating group) is 1. The zero-order chi connectivity index (χ0) is 21.6. The summed E-state index contributed by atoms with van der Waals surface area (Å²) in [5.74, 6) is -1.59. The number of nitrogens with zero attached hydrogens (tertiary/aromatic N) is 2. The number of ether oxygens (including phenoxy) is 2. The van der Waals surface area contributed by atoms with Crippen LogP contribution in [0.5, 0.6) is 0 Å². The van der Waals surface area contributed by atoms with Crippen LogP contribution in [0.4, 0.5) is 0 Å².